The zero-order valence-corrected chi connectivity index (χ0v) is 17.4. The van der Waals surface area contributed by atoms with Gasteiger partial charge in [-0.25, -0.2) is 8.51 Å². The fourth-order valence-electron chi connectivity index (χ4n) is 2.61. The lowest BCUT2D eigenvalue weighted by atomic mass is 9.86. The average Bonchev–Trinajstić information content (AvgIpc) is 2.25. The maximum atomic E-state index is 12.6. The Morgan fingerprint density at radius 2 is 1.43 bits per heavy atom. The Kier molecular flexibility index (Phi) is 10.3. The minimum Gasteiger partial charge on any atom is -0.331 e. The van der Waals surface area contributed by atoms with Crippen LogP contribution in [0.2, 0.25) is 0 Å². The topological polar surface area (TPSA) is 20.3 Å². The molecule has 0 saturated heterocycles. The second kappa shape index (κ2) is 9.26. The molecule has 21 heavy (non-hydrogen) atoms. The first-order valence-corrected chi connectivity index (χ1v) is 9.29. The van der Waals surface area contributed by atoms with Crippen LogP contribution in [0.3, 0.4) is 0 Å². The fourth-order valence-corrected chi connectivity index (χ4v) is 4.31. The van der Waals surface area contributed by atoms with Crippen molar-refractivity contribution in [2.75, 3.05) is 41.3 Å². The summed E-state index contributed by atoms with van der Waals surface area (Å²) >= 11 is 0. The summed E-state index contributed by atoms with van der Waals surface area (Å²) in [6.07, 6.45) is 2.05. The first kappa shape index (κ1) is 23.3. The van der Waals surface area contributed by atoms with Crippen LogP contribution in [0.4, 0.5) is 0 Å². The Morgan fingerprint density at radius 1 is 1.00 bits per heavy atom. The summed E-state index contributed by atoms with van der Waals surface area (Å²) in [5.74, 6) is 0. The molecule has 1 atom stereocenters. The van der Waals surface area contributed by atoms with Crippen LogP contribution in [0.25, 0.3) is 0 Å². The van der Waals surface area contributed by atoms with Gasteiger partial charge in [-0.15, -0.1) is 0 Å². The Morgan fingerprint density at radius 3 is 1.76 bits per heavy atom. The number of hydrogen-bond acceptors (Lipinski definition) is 1. The first-order chi connectivity index (χ1) is 9.25. The standard InChI is InChI=1S/C15H35N2OS.C2H6/c1-14(2,3)13-15(4,5)19(18)16(6)11-10-12-17(7,8)9;1-2/h10-13H2,1-9H3;1-2H3/q+1;. The summed E-state index contributed by atoms with van der Waals surface area (Å²) < 4.78 is 15.4. The molecule has 0 fully saturated rings. The summed E-state index contributed by atoms with van der Waals surface area (Å²) in [6.45, 7) is 16.9. The Bertz CT molecular complexity index is 301. The molecule has 0 aromatic carbocycles. The van der Waals surface area contributed by atoms with Crippen molar-refractivity contribution in [2.24, 2.45) is 5.41 Å². The molecule has 0 radical (unpaired) electrons. The van der Waals surface area contributed by atoms with Crippen LogP contribution in [0, 0.1) is 5.41 Å². The number of hydrogen-bond donors (Lipinski definition) is 0. The SMILES string of the molecule is CC.CN(CCC[N+](C)(C)C)S(=O)C(C)(C)CC(C)(C)C. The van der Waals surface area contributed by atoms with Gasteiger partial charge in [-0.05, 0) is 32.7 Å². The van der Waals surface area contributed by atoms with Gasteiger partial charge in [0.25, 0.3) is 0 Å². The Hall–Kier alpha value is 0.0700. The second-order valence-electron chi connectivity index (χ2n) is 8.47. The van der Waals surface area contributed by atoms with Crippen molar-refractivity contribution < 1.29 is 8.69 Å². The molecule has 0 bridgehead atoms. The molecule has 0 aliphatic carbocycles. The highest BCUT2D eigenvalue weighted by atomic mass is 32.2. The van der Waals surface area contributed by atoms with E-state index in [4.69, 9.17) is 0 Å². The van der Waals surface area contributed by atoms with Gasteiger partial charge < -0.3 is 4.48 Å². The molecule has 0 amide bonds. The van der Waals surface area contributed by atoms with E-state index < -0.39 is 11.0 Å². The summed E-state index contributed by atoms with van der Waals surface area (Å²) in [5.41, 5.74) is 0.211. The number of nitrogens with zero attached hydrogens (tertiary/aromatic N) is 2. The first-order valence-electron chi connectivity index (χ1n) is 8.18. The minimum absolute atomic E-state index is 0.163. The molecule has 0 rings (SSSR count). The molecule has 0 aliphatic heterocycles. The van der Waals surface area contributed by atoms with Gasteiger partial charge in [0.2, 0.25) is 0 Å². The molecule has 1 unspecified atom stereocenters. The van der Waals surface area contributed by atoms with Crippen molar-refractivity contribution in [1.29, 1.82) is 0 Å². The van der Waals surface area contributed by atoms with E-state index in [1.54, 1.807) is 0 Å². The molecule has 0 aromatic heterocycles. The van der Waals surface area contributed by atoms with Crippen molar-refractivity contribution in [3.63, 3.8) is 0 Å². The smallest absolute Gasteiger partial charge is 0.0997 e. The molecule has 4 heteroatoms. The fraction of sp³-hybridized carbons (Fsp3) is 1.00. The van der Waals surface area contributed by atoms with Crippen molar-refractivity contribution in [3.05, 3.63) is 0 Å². The molecule has 3 nitrogen and oxygen atoms in total. The third-order valence-electron chi connectivity index (χ3n) is 3.01. The van der Waals surface area contributed by atoms with Crippen LogP contribution in [0.1, 0.15) is 61.3 Å². The molecule has 0 spiro atoms. The van der Waals surface area contributed by atoms with Gasteiger partial charge in [-0.2, -0.15) is 0 Å². The third kappa shape index (κ3) is 12.3. The Labute approximate surface area is 137 Å². The van der Waals surface area contributed by atoms with E-state index in [2.05, 4.69) is 55.8 Å². The van der Waals surface area contributed by atoms with Gasteiger partial charge in [0.05, 0.1) is 43.4 Å². The second-order valence-corrected chi connectivity index (χ2v) is 10.7. The summed E-state index contributed by atoms with van der Waals surface area (Å²) in [5, 5.41) is 0. The van der Waals surface area contributed by atoms with E-state index in [0.29, 0.717) is 0 Å². The highest BCUT2D eigenvalue weighted by Gasteiger charge is 2.33. The highest BCUT2D eigenvalue weighted by Crippen LogP contribution is 2.31. The van der Waals surface area contributed by atoms with Crippen LogP contribution >= 0.6 is 0 Å². The lowest BCUT2D eigenvalue weighted by molar-refractivity contribution is -0.870. The monoisotopic (exact) mass is 321 g/mol. The van der Waals surface area contributed by atoms with Crippen LogP contribution in [-0.2, 0) is 11.0 Å². The molecular weight excluding hydrogens is 280 g/mol. The Balaban J connectivity index is 0. The molecule has 0 aromatic rings. The average molecular weight is 322 g/mol. The predicted molar refractivity (Wildman–Crippen MR) is 97.8 cm³/mol. The summed E-state index contributed by atoms with van der Waals surface area (Å²) in [6, 6.07) is 0. The predicted octanol–water partition coefficient (Wildman–Crippen LogP) is 3.92. The summed E-state index contributed by atoms with van der Waals surface area (Å²) in [7, 11) is 7.64. The van der Waals surface area contributed by atoms with Gasteiger partial charge in [-0.3, -0.25) is 0 Å². The van der Waals surface area contributed by atoms with Gasteiger partial charge in [0.15, 0.2) is 0 Å². The van der Waals surface area contributed by atoms with E-state index in [1.165, 1.54) is 0 Å². The van der Waals surface area contributed by atoms with E-state index in [9.17, 15) is 4.21 Å². The third-order valence-corrected chi connectivity index (χ3v) is 4.85. The van der Waals surface area contributed by atoms with Gasteiger partial charge in [0.1, 0.15) is 0 Å². The maximum absolute atomic E-state index is 12.6. The zero-order chi connectivity index (χ0) is 17.5. The molecule has 0 aliphatic rings. The highest BCUT2D eigenvalue weighted by molar-refractivity contribution is 7.84. The van der Waals surface area contributed by atoms with Gasteiger partial charge in [-0.1, -0.05) is 34.6 Å². The lowest BCUT2D eigenvalue weighted by Crippen LogP contribution is -2.42. The lowest BCUT2D eigenvalue weighted by Gasteiger charge is -2.34. The molecule has 0 N–H and O–H groups in total. The van der Waals surface area contributed by atoms with Crippen LogP contribution < -0.4 is 0 Å². The van der Waals surface area contributed by atoms with Gasteiger partial charge in [0, 0.05) is 13.0 Å². The van der Waals surface area contributed by atoms with Crippen LogP contribution in [-0.4, -0.2) is 59.0 Å². The van der Waals surface area contributed by atoms with Crippen molar-refractivity contribution in [2.45, 2.75) is 66.1 Å². The van der Waals surface area contributed by atoms with Crippen LogP contribution in [0.5, 0.6) is 0 Å². The van der Waals surface area contributed by atoms with Crippen LogP contribution in [0.15, 0.2) is 0 Å². The quantitative estimate of drug-likeness (QED) is 0.651. The van der Waals surface area contributed by atoms with Crippen molar-refractivity contribution in [3.8, 4) is 0 Å². The zero-order valence-electron chi connectivity index (χ0n) is 16.5. The van der Waals surface area contributed by atoms with Crippen molar-refractivity contribution >= 4 is 11.0 Å². The minimum atomic E-state index is -0.923. The van der Waals surface area contributed by atoms with E-state index >= 15 is 0 Å². The molecule has 0 saturated carbocycles. The van der Waals surface area contributed by atoms with Gasteiger partial charge >= 0.3 is 0 Å². The normalized spacial score (nSPS) is 14.7. The summed E-state index contributed by atoms with van der Waals surface area (Å²) in [4.78, 5) is 0. The van der Waals surface area contributed by atoms with E-state index in [0.717, 1.165) is 30.4 Å². The number of rotatable bonds is 7. The van der Waals surface area contributed by atoms with Crippen molar-refractivity contribution in [1.82, 2.24) is 4.31 Å². The largest absolute Gasteiger partial charge is 0.331 e. The molecular formula is C17H41N2OS+. The molecule has 0 heterocycles. The number of quaternary nitrogens is 1. The van der Waals surface area contributed by atoms with E-state index in [-0.39, 0.29) is 10.2 Å². The van der Waals surface area contributed by atoms with E-state index in [1.807, 2.05) is 25.2 Å². The maximum Gasteiger partial charge on any atom is 0.0997 e. The molecule has 130 valence electrons.